The minimum Gasteiger partial charge on any atom is -0.341 e. The van der Waals surface area contributed by atoms with Crippen LogP contribution in [0.4, 0.5) is 11.5 Å². The van der Waals surface area contributed by atoms with Crippen molar-refractivity contribution in [3.8, 4) is 0 Å². The summed E-state index contributed by atoms with van der Waals surface area (Å²) in [5.74, 6) is 0.0620. The average Bonchev–Trinajstić information content (AvgIpc) is 2.74. The molecule has 164 valence electrons. The molecule has 2 N–H and O–H groups in total. The number of benzene rings is 1. The summed E-state index contributed by atoms with van der Waals surface area (Å²) in [5, 5.41) is 2.20. The molecule has 0 spiro atoms. The van der Waals surface area contributed by atoms with Gasteiger partial charge in [0.2, 0.25) is 11.8 Å². The lowest BCUT2D eigenvalue weighted by atomic mass is 9.99. The van der Waals surface area contributed by atoms with Crippen LogP contribution in [0.5, 0.6) is 0 Å². The van der Waals surface area contributed by atoms with E-state index in [1.165, 1.54) is 30.5 Å². The summed E-state index contributed by atoms with van der Waals surface area (Å²) in [5.41, 5.74) is 0.359. The number of nitrogens with one attached hydrogen (secondary N) is 2. The van der Waals surface area contributed by atoms with Gasteiger partial charge in [0.15, 0.2) is 5.25 Å². The van der Waals surface area contributed by atoms with E-state index in [2.05, 4.69) is 21.9 Å². The minimum atomic E-state index is -3.92. The van der Waals surface area contributed by atoms with E-state index in [0.717, 1.165) is 24.6 Å². The van der Waals surface area contributed by atoms with Gasteiger partial charge >= 0.3 is 0 Å². The zero-order valence-electron chi connectivity index (χ0n) is 16.7. The Kier molecular flexibility index (Phi) is 6.14. The highest BCUT2D eigenvalue weighted by Gasteiger charge is 2.37. The third-order valence-corrected chi connectivity index (χ3v) is 8.13. The molecule has 31 heavy (non-hydrogen) atoms. The number of thioether (sulfide) groups is 1. The molecule has 3 heterocycles. The molecule has 11 heteroatoms. The molecule has 2 amide bonds. The van der Waals surface area contributed by atoms with Crippen LogP contribution in [-0.4, -0.2) is 48.5 Å². The number of carbonyl (C=O) groups is 2. The zero-order chi connectivity index (χ0) is 22.2. The van der Waals surface area contributed by atoms with E-state index in [4.69, 9.17) is 11.6 Å². The molecule has 1 fully saturated rings. The summed E-state index contributed by atoms with van der Waals surface area (Å²) < 4.78 is 27.8. The maximum Gasteiger partial charge on any atom is 0.263 e. The van der Waals surface area contributed by atoms with Gasteiger partial charge in [-0.1, -0.05) is 18.5 Å². The van der Waals surface area contributed by atoms with Crippen molar-refractivity contribution in [1.29, 1.82) is 0 Å². The first-order valence-electron chi connectivity index (χ1n) is 9.78. The van der Waals surface area contributed by atoms with E-state index < -0.39 is 21.2 Å². The molecule has 0 radical (unpaired) electrons. The fourth-order valence-electron chi connectivity index (χ4n) is 3.45. The smallest absolute Gasteiger partial charge is 0.263 e. The van der Waals surface area contributed by atoms with E-state index in [1.54, 1.807) is 11.0 Å². The van der Waals surface area contributed by atoms with Crippen LogP contribution in [0.2, 0.25) is 5.02 Å². The molecule has 0 aliphatic carbocycles. The Balaban J connectivity index is 1.51. The summed E-state index contributed by atoms with van der Waals surface area (Å²) in [6, 6.07) is 7.39. The van der Waals surface area contributed by atoms with Crippen LogP contribution in [0.25, 0.3) is 0 Å². The van der Waals surface area contributed by atoms with Crippen LogP contribution in [0.15, 0.2) is 46.3 Å². The first kappa shape index (κ1) is 21.9. The third-order valence-electron chi connectivity index (χ3n) is 5.29. The first-order chi connectivity index (χ1) is 14.7. The number of hydrogen-bond donors (Lipinski definition) is 2. The molecule has 0 saturated carbocycles. The monoisotopic (exact) mass is 480 g/mol. The standard InChI is InChI=1S/C20H21ClN4O4S2/c1-12-6-8-25(9-7-12)20(27)18-19(26)23-15-10-14(3-4-16(15)30-18)31(28,29)24-17-5-2-13(21)11-22-17/h2-5,10-12,18H,6-9H2,1H3,(H,22,24)(H,23,26)/t18-/m1/s1. The molecule has 1 aromatic heterocycles. The van der Waals surface area contributed by atoms with E-state index in [-0.39, 0.29) is 16.6 Å². The number of fused-ring (bicyclic) bond motifs is 1. The number of piperidine rings is 1. The van der Waals surface area contributed by atoms with Crippen molar-refractivity contribution in [3.63, 3.8) is 0 Å². The largest absolute Gasteiger partial charge is 0.341 e. The van der Waals surface area contributed by atoms with Crippen LogP contribution < -0.4 is 10.0 Å². The van der Waals surface area contributed by atoms with Crippen LogP contribution in [0.3, 0.4) is 0 Å². The fourth-order valence-corrected chi connectivity index (χ4v) is 5.64. The van der Waals surface area contributed by atoms with Crippen molar-refractivity contribution in [2.75, 3.05) is 23.1 Å². The number of hydrogen-bond acceptors (Lipinski definition) is 6. The molecule has 2 aromatic rings. The number of nitrogens with zero attached hydrogens (tertiary/aromatic N) is 2. The highest BCUT2D eigenvalue weighted by atomic mass is 35.5. The minimum absolute atomic E-state index is 0.0290. The second kappa shape index (κ2) is 8.68. The van der Waals surface area contributed by atoms with Crippen molar-refractivity contribution < 1.29 is 18.0 Å². The SMILES string of the molecule is CC1CCN(C(=O)[C@@H]2Sc3ccc(S(=O)(=O)Nc4ccc(Cl)cn4)cc3NC2=O)CC1. The van der Waals surface area contributed by atoms with Gasteiger partial charge < -0.3 is 10.2 Å². The molecule has 1 aromatic carbocycles. The number of carbonyl (C=O) groups excluding carboxylic acids is 2. The predicted molar refractivity (Wildman–Crippen MR) is 120 cm³/mol. The maximum atomic E-state index is 12.9. The third kappa shape index (κ3) is 4.81. The van der Waals surface area contributed by atoms with Gasteiger partial charge in [-0.15, -0.1) is 11.8 Å². The maximum absolute atomic E-state index is 12.9. The molecule has 0 unspecified atom stereocenters. The molecular formula is C20H21ClN4O4S2. The highest BCUT2D eigenvalue weighted by molar-refractivity contribution is 8.01. The average molecular weight is 481 g/mol. The topological polar surface area (TPSA) is 108 Å². The molecule has 4 rings (SSSR count). The number of anilines is 2. The van der Waals surface area contributed by atoms with Crippen LogP contribution in [0, 0.1) is 5.92 Å². The first-order valence-corrected chi connectivity index (χ1v) is 12.5. The lowest BCUT2D eigenvalue weighted by Crippen LogP contribution is -2.47. The van der Waals surface area contributed by atoms with E-state index in [9.17, 15) is 18.0 Å². The Morgan fingerprint density at radius 1 is 1.26 bits per heavy atom. The molecule has 2 aliphatic heterocycles. The lowest BCUT2D eigenvalue weighted by molar-refractivity contribution is -0.135. The van der Waals surface area contributed by atoms with E-state index in [0.29, 0.717) is 34.6 Å². The Morgan fingerprint density at radius 3 is 2.68 bits per heavy atom. The van der Waals surface area contributed by atoms with Crippen LogP contribution in [0.1, 0.15) is 19.8 Å². The summed E-state index contributed by atoms with van der Waals surface area (Å²) >= 11 is 6.92. The van der Waals surface area contributed by atoms with Gasteiger partial charge in [-0.2, -0.15) is 0 Å². The van der Waals surface area contributed by atoms with Gasteiger partial charge in [-0.05, 0) is 49.1 Å². The Morgan fingerprint density at radius 2 is 2.00 bits per heavy atom. The highest BCUT2D eigenvalue weighted by Crippen LogP contribution is 2.38. The van der Waals surface area contributed by atoms with Crippen LogP contribution in [-0.2, 0) is 19.6 Å². The predicted octanol–water partition coefficient (Wildman–Crippen LogP) is 3.21. The van der Waals surface area contributed by atoms with Gasteiger partial charge in [-0.25, -0.2) is 13.4 Å². The van der Waals surface area contributed by atoms with Gasteiger partial charge in [0.1, 0.15) is 5.82 Å². The normalized spacial score (nSPS) is 19.5. The second-order valence-corrected chi connectivity index (χ2v) is 10.9. The zero-order valence-corrected chi connectivity index (χ0v) is 19.1. The Hall–Kier alpha value is -2.30. The van der Waals surface area contributed by atoms with E-state index in [1.807, 2.05) is 0 Å². The van der Waals surface area contributed by atoms with Gasteiger partial charge in [0.05, 0.1) is 15.6 Å². The van der Waals surface area contributed by atoms with Crippen LogP contribution >= 0.6 is 23.4 Å². The van der Waals surface area contributed by atoms with Crippen molar-refractivity contribution >= 4 is 56.7 Å². The van der Waals surface area contributed by atoms with E-state index >= 15 is 0 Å². The Labute approximate surface area is 189 Å². The molecule has 0 bridgehead atoms. The van der Waals surface area contributed by atoms with Crippen molar-refractivity contribution in [2.45, 2.75) is 34.8 Å². The number of rotatable bonds is 4. The summed E-state index contributed by atoms with van der Waals surface area (Å²) in [6.45, 7) is 3.46. The molecule has 1 saturated heterocycles. The molecule has 2 aliphatic rings. The van der Waals surface area contributed by atoms with Gasteiger partial charge in [-0.3, -0.25) is 14.3 Å². The second-order valence-electron chi connectivity index (χ2n) is 7.62. The van der Waals surface area contributed by atoms with Crippen molar-refractivity contribution in [2.24, 2.45) is 5.92 Å². The molecule has 1 atom stereocenters. The summed E-state index contributed by atoms with van der Waals surface area (Å²) in [7, 11) is -3.92. The lowest BCUT2D eigenvalue weighted by Gasteiger charge is -2.33. The number of halogens is 1. The van der Waals surface area contributed by atoms with Gasteiger partial charge in [0.25, 0.3) is 10.0 Å². The fraction of sp³-hybridized carbons (Fsp3) is 0.350. The number of likely N-dealkylation sites (tertiary alicyclic amines) is 1. The quantitative estimate of drug-likeness (QED) is 0.650. The number of aromatic nitrogens is 1. The number of sulfonamides is 1. The summed E-state index contributed by atoms with van der Waals surface area (Å²) in [4.78, 5) is 31.8. The summed E-state index contributed by atoms with van der Waals surface area (Å²) in [6.07, 6.45) is 3.19. The molecule has 8 nitrogen and oxygen atoms in total. The Bertz CT molecular complexity index is 1120. The number of amides is 2. The molecular weight excluding hydrogens is 460 g/mol. The van der Waals surface area contributed by atoms with Gasteiger partial charge in [0, 0.05) is 24.2 Å². The number of pyridine rings is 1. The van der Waals surface area contributed by atoms with Crippen molar-refractivity contribution in [1.82, 2.24) is 9.88 Å². The van der Waals surface area contributed by atoms with Crippen molar-refractivity contribution in [3.05, 3.63) is 41.6 Å².